The van der Waals surface area contributed by atoms with E-state index in [0.717, 1.165) is 12.8 Å². The van der Waals surface area contributed by atoms with Crippen LogP contribution < -0.4 is 0 Å². The molecule has 8 heteroatoms. The number of carbonyl (C=O) groups is 2. The number of rotatable bonds is 2. The Hall–Kier alpha value is -2.48. The number of ether oxygens (including phenoxy) is 1. The standard InChI is InChI=1S/C17H21N3O5/c1-13(21)18-8-4-7-17(11-18)12-19(9-10-25-17)16(22)14-5-2-3-6-15(14)20(23)24/h2-3,5-6H,4,7-12H2,1H3. The molecule has 0 radical (unpaired) electrons. The molecule has 25 heavy (non-hydrogen) atoms. The summed E-state index contributed by atoms with van der Waals surface area (Å²) in [6.45, 7) is 3.74. The van der Waals surface area contributed by atoms with Gasteiger partial charge in [-0.05, 0) is 18.9 Å². The number of likely N-dealkylation sites (tertiary alicyclic amines) is 1. The Balaban J connectivity index is 1.81. The summed E-state index contributed by atoms with van der Waals surface area (Å²) in [7, 11) is 0. The van der Waals surface area contributed by atoms with E-state index in [2.05, 4.69) is 0 Å². The van der Waals surface area contributed by atoms with Crippen LogP contribution in [0.25, 0.3) is 0 Å². The molecule has 1 aromatic carbocycles. The monoisotopic (exact) mass is 347 g/mol. The first-order valence-electron chi connectivity index (χ1n) is 8.34. The number of nitro groups is 1. The molecule has 2 aliphatic heterocycles. The highest BCUT2D eigenvalue weighted by Gasteiger charge is 2.43. The van der Waals surface area contributed by atoms with Crippen LogP contribution >= 0.6 is 0 Å². The van der Waals surface area contributed by atoms with Crippen molar-refractivity contribution in [2.24, 2.45) is 0 Å². The molecule has 2 aliphatic rings. The molecular formula is C17H21N3O5. The van der Waals surface area contributed by atoms with E-state index in [-0.39, 0.29) is 23.1 Å². The average molecular weight is 347 g/mol. The van der Waals surface area contributed by atoms with Gasteiger partial charge in [0.25, 0.3) is 11.6 Å². The number of nitrogens with zero attached hydrogens (tertiary/aromatic N) is 3. The number of amides is 2. The Bertz CT molecular complexity index is 703. The Morgan fingerprint density at radius 2 is 1.92 bits per heavy atom. The maximum atomic E-state index is 12.9. The molecule has 1 spiro atoms. The lowest BCUT2D eigenvalue weighted by Gasteiger charge is -2.47. The molecule has 0 N–H and O–H groups in total. The van der Waals surface area contributed by atoms with Gasteiger partial charge in [0.05, 0.1) is 24.6 Å². The third kappa shape index (κ3) is 3.48. The summed E-state index contributed by atoms with van der Waals surface area (Å²) < 4.78 is 5.96. The number of piperidine rings is 1. The molecule has 1 atom stereocenters. The van der Waals surface area contributed by atoms with E-state index in [1.807, 2.05) is 0 Å². The van der Waals surface area contributed by atoms with Gasteiger partial charge in [-0.3, -0.25) is 19.7 Å². The minimum absolute atomic E-state index is 0.00942. The van der Waals surface area contributed by atoms with Gasteiger partial charge in [-0.25, -0.2) is 0 Å². The Morgan fingerprint density at radius 1 is 1.20 bits per heavy atom. The normalized spacial score (nSPS) is 23.6. The predicted molar refractivity (Wildman–Crippen MR) is 89.2 cm³/mol. The highest BCUT2D eigenvalue weighted by molar-refractivity contribution is 5.98. The highest BCUT2D eigenvalue weighted by atomic mass is 16.6. The van der Waals surface area contributed by atoms with E-state index in [4.69, 9.17) is 4.74 Å². The molecule has 2 amide bonds. The van der Waals surface area contributed by atoms with E-state index in [9.17, 15) is 19.7 Å². The van der Waals surface area contributed by atoms with Crippen LogP contribution in [0.4, 0.5) is 5.69 Å². The zero-order valence-corrected chi connectivity index (χ0v) is 14.1. The molecule has 1 unspecified atom stereocenters. The third-order valence-corrected chi connectivity index (χ3v) is 4.85. The smallest absolute Gasteiger partial charge is 0.282 e. The fourth-order valence-electron chi connectivity index (χ4n) is 3.62. The number of benzene rings is 1. The summed E-state index contributed by atoms with van der Waals surface area (Å²) in [5.41, 5.74) is -0.688. The van der Waals surface area contributed by atoms with Crippen molar-refractivity contribution in [2.75, 3.05) is 32.8 Å². The zero-order valence-electron chi connectivity index (χ0n) is 14.1. The number of para-hydroxylation sites is 1. The maximum absolute atomic E-state index is 12.9. The molecular weight excluding hydrogens is 326 g/mol. The molecule has 2 fully saturated rings. The Morgan fingerprint density at radius 3 is 2.64 bits per heavy atom. The maximum Gasteiger partial charge on any atom is 0.282 e. The second-order valence-corrected chi connectivity index (χ2v) is 6.58. The van der Waals surface area contributed by atoms with E-state index in [0.29, 0.717) is 32.8 Å². The molecule has 3 rings (SSSR count). The van der Waals surface area contributed by atoms with Crippen molar-refractivity contribution in [1.82, 2.24) is 9.80 Å². The lowest BCUT2D eigenvalue weighted by molar-refractivity contribution is -0.385. The van der Waals surface area contributed by atoms with Gasteiger partial charge in [-0.2, -0.15) is 0 Å². The first kappa shape index (κ1) is 17.3. The lowest BCUT2D eigenvalue weighted by Crippen LogP contribution is -2.61. The first-order valence-corrected chi connectivity index (χ1v) is 8.34. The molecule has 0 aromatic heterocycles. The van der Waals surface area contributed by atoms with Crippen molar-refractivity contribution in [1.29, 1.82) is 0 Å². The number of nitro benzene ring substituents is 1. The predicted octanol–water partition coefficient (Wildman–Crippen LogP) is 1.45. The van der Waals surface area contributed by atoms with Crippen LogP contribution in [0.1, 0.15) is 30.1 Å². The van der Waals surface area contributed by atoms with Crippen molar-refractivity contribution in [3.63, 3.8) is 0 Å². The van der Waals surface area contributed by atoms with E-state index in [1.54, 1.807) is 21.9 Å². The van der Waals surface area contributed by atoms with Gasteiger partial charge < -0.3 is 14.5 Å². The number of hydrogen-bond donors (Lipinski definition) is 0. The van der Waals surface area contributed by atoms with Crippen molar-refractivity contribution in [2.45, 2.75) is 25.4 Å². The first-order chi connectivity index (χ1) is 11.9. The summed E-state index contributed by atoms with van der Waals surface area (Å²) >= 11 is 0. The minimum Gasteiger partial charge on any atom is -0.369 e. The van der Waals surface area contributed by atoms with Crippen molar-refractivity contribution < 1.29 is 19.2 Å². The third-order valence-electron chi connectivity index (χ3n) is 4.85. The van der Waals surface area contributed by atoms with Crippen LogP contribution in [-0.4, -0.2) is 64.9 Å². The summed E-state index contributed by atoms with van der Waals surface area (Å²) in [6.07, 6.45) is 1.57. The van der Waals surface area contributed by atoms with Crippen LogP contribution in [0.3, 0.4) is 0 Å². The van der Waals surface area contributed by atoms with Crippen LogP contribution in [0, 0.1) is 10.1 Å². The van der Waals surface area contributed by atoms with Crippen molar-refractivity contribution in [3.8, 4) is 0 Å². The van der Waals surface area contributed by atoms with Gasteiger partial charge in [0.15, 0.2) is 0 Å². The molecule has 1 aromatic rings. The van der Waals surface area contributed by atoms with Gasteiger partial charge in [-0.1, -0.05) is 12.1 Å². The van der Waals surface area contributed by atoms with Gasteiger partial charge in [0.2, 0.25) is 5.91 Å². The van der Waals surface area contributed by atoms with Gasteiger partial charge in [0.1, 0.15) is 11.2 Å². The van der Waals surface area contributed by atoms with Gasteiger partial charge in [-0.15, -0.1) is 0 Å². The van der Waals surface area contributed by atoms with Crippen LogP contribution in [0.15, 0.2) is 24.3 Å². The summed E-state index contributed by atoms with van der Waals surface area (Å²) in [6, 6.07) is 5.98. The second kappa shape index (κ2) is 6.79. The summed E-state index contributed by atoms with van der Waals surface area (Å²) in [5.74, 6) is -0.375. The number of carbonyl (C=O) groups excluding carboxylic acids is 2. The molecule has 0 aliphatic carbocycles. The van der Waals surface area contributed by atoms with Crippen molar-refractivity contribution in [3.05, 3.63) is 39.9 Å². The van der Waals surface area contributed by atoms with E-state index < -0.39 is 10.5 Å². The second-order valence-electron chi connectivity index (χ2n) is 6.58. The molecule has 8 nitrogen and oxygen atoms in total. The average Bonchev–Trinajstić information content (AvgIpc) is 2.61. The fraction of sp³-hybridized carbons (Fsp3) is 0.529. The van der Waals surface area contributed by atoms with Gasteiger partial charge in [0, 0.05) is 26.1 Å². The Labute approximate surface area is 145 Å². The zero-order chi connectivity index (χ0) is 18.0. The van der Waals surface area contributed by atoms with E-state index in [1.165, 1.54) is 19.1 Å². The van der Waals surface area contributed by atoms with Crippen LogP contribution in [-0.2, 0) is 9.53 Å². The quantitative estimate of drug-likeness (QED) is 0.596. The molecule has 0 saturated carbocycles. The molecule has 2 heterocycles. The summed E-state index contributed by atoms with van der Waals surface area (Å²) in [5, 5.41) is 11.2. The van der Waals surface area contributed by atoms with E-state index >= 15 is 0 Å². The lowest BCUT2D eigenvalue weighted by atomic mass is 9.90. The number of hydrogen-bond acceptors (Lipinski definition) is 5. The topological polar surface area (TPSA) is 93.0 Å². The highest BCUT2D eigenvalue weighted by Crippen LogP contribution is 2.30. The largest absolute Gasteiger partial charge is 0.369 e. The molecule has 2 saturated heterocycles. The summed E-state index contributed by atoms with van der Waals surface area (Å²) in [4.78, 5) is 38.5. The minimum atomic E-state index is -0.582. The van der Waals surface area contributed by atoms with Gasteiger partial charge >= 0.3 is 0 Å². The van der Waals surface area contributed by atoms with Crippen LogP contribution in [0.2, 0.25) is 0 Å². The SMILES string of the molecule is CC(=O)N1CCCC2(C1)CN(C(=O)c1ccccc1[N+](=O)[O-])CCO2. The molecule has 134 valence electrons. The molecule has 0 bridgehead atoms. The number of morpholine rings is 1. The Kier molecular flexibility index (Phi) is 4.71. The fourth-order valence-corrected chi connectivity index (χ4v) is 3.62. The van der Waals surface area contributed by atoms with Crippen molar-refractivity contribution >= 4 is 17.5 Å². The van der Waals surface area contributed by atoms with Crippen LogP contribution in [0.5, 0.6) is 0 Å².